The summed E-state index contributed by atoms with van der Waals surface area (Å²) in [5.41, 5.74) is 0.197. The Morgan fingerprint density at radius 2 is 1.81 bits per heavy atom. The lowest BCUT2D eigenvalue weighted by molar-refractivity contribution is 0.259. The predicted molar refractivity (Wildman–Crippen MR) is 115 cm³/mol. The summed E-state index contributed by atoms with van der Waals surface area (Å²) in [6.07, 6.45) is 2.23. The van der Waals surface area contributed by atoms with Crippen molar-refractivity contribution in [1.29, 1.82) is 0 Å². The Morgan fingerprint density at radius 3 is 2.39 bits per heavy atom. The Kier molecular flexibility index (Phi) is 8.63. The van der Waals surface area contributed by atoms with Crippen LogP contribution in [-0.4, -0.2) is 47.4 Å². The Bertz CT molecular complexity index is 989. The van der Waals surface area contributed by atoms with E-state index in [-0.39, 0.29) is 42.4 Å². The molecule has 1 heterocycles. The fourth-order valence-corrected chi connectivity index (χ4v) is 3.67. The zero-order valence-electron chi connectivity index (χ0n) is 18.1. The van der Waals surface area contributed by atoms with Gasteiger partial charge in [-0.1, -0.05) is 32.9 Å². The van der Waals surface area contributed by atoms with E-state index >= 15 is 0 Å². The lowest BCUT2D eigenvalue weighted by atomic mass is 9.92. The van der Waals surface area contributed by atoms with Crippen molar-refractivity contribution in [1.82, 2.24) is 15.0 Å². The first-order valence-electron chi connectivity index (χ1n) is 10.1. The summed E-state index contributed by atoms with van der Waals surface area (Å²) in [5, 5.41) is 12.6. The molecule has 0 saturated carbocycles. The van der Waals surface area contributed by atoms with Crippen molar-refractivity contribution < 1.29 is 22.3 Å². The molecule has 1 unspecified atom stereocenters. The highest BCUT2D eigenvalue weighted by Gasteiger charge is 2.21. The lowest BCUT2D eigenvalue weighted by Crippen LogP contribution is -2.27. The molecule has 1 aromatic heterocycles. The number of halogens is 2. The van der Waals surface area contributed by atoms with Crippen LogP contribution in [0.1, 0.15) is 50.9 Å². The molecule has 0 bridgehead atoms. The van der Waals surface area contributed by atoms with Crippen LogP contribution in [0.4, 0.5) is 20.7 Å². The molecule has 0 aliphatic rings. The van der Waals surface area contributed by atoms with Gasteiger partial charge in [0.2, 0.25) is 21.9 Å². The molecule has 0 amide bonds. The monoisotopic (exact) mass is 457 g/mol. The third-order valence-electron chi connectivity index (χ3n) is 4.61. The van der Waals surface area contributed by atoms with Gasteiger partial charge < -0.3 is 10.4 Å². The van der Waals surface area contributed by atoms with E-state index < -0.39 is 27.6 Å². The first-order chi connectivity index (χ1) is 14.5. The highest BCUT2D eigenvalue weighted by Crippen LogP contribution is 2.27. The van der Waals surface area contributed by atoms with Crippen molar-refractivity contribution in [2.24, 2.45) is 5.92 Å². The molecule has 0 aliphatic heterocycles. The molecule has 0 aliphatic carbocycles. The number of nitrogens with one attached hydrogen (secondary N) is 2. The van der Waals surface area contributed by atoms with E-state index in [2.05, 4.69) is 25.0 Å². The molecule has 11 heteroatoms. The smallest absolute Gasteiger partial charge is 0.241 e. The normalized spacial score (nSPS) is 13.8. The zero-order chi connectivity index (χ0) is 23.2. The fraction of sp³-hybridized carbons (Fsp3) is 0.550. The number of rotatable bonds is 11. The van der Waals surface area contributed by atoms with Crippen LogP contribution in [0.5, 0.6) is 0 Å². The van der Waals surface area contributed by atoms with Gasteiger partial charge in [0.1, 0.15) is 5.82 Å². The first kappa shape index (κ1) is 24.9. The van der Waals surface area contributed by atoms with Gasteiger partial charge in [-0.15, -0.1) is 0 Å². The van der Waals surface area contributed by atoms with E-state index in [1.807, 2.05) is 20.8 Å². The molecule has 8 nitrogen and oxygen atoms in total. The Labute approximate surface area is 181 Å². The van der Waals surface area contributed by atoms with Gasteiger partial charge in [-0.2, -0.15) is 15.0 Å². The number of nitrogens with zero attached hydrogens (tertiary/aromatic N) is 3. The predicted octanol–water partition coefficient (Wildman–Crippen LogP) is 3.08. The molecule has 2 rings (SSSR count). The van der Waals surface area contributed by atoms with Gasteiger partial charge in [0.05, 0.1) is 18.9 Å². The number of hydrogen-bond donors (Lipinski definition) is 3. The minimum absolute atomic E-state index is 0.0883. The number of aromatic nitrogens is 3. The molecule has 0 radical (unpaired) electrons. The second-order valence-corrected chi connectivity index (χ2v) is 9.63. The van der Waals surface area contributed by atoms with Crippen LogP contribution in [-0.2, 0) is 16.4 Å². The number of sulfonamides is 1. The summed E-state index contributed by atoms with van der Waals surface area (Å²) in [4.78, 5) is 12.6. The Balaban J connectivity index is 2.39. The topological polar surface area (TPSA) is 117 Å². The number of anilines is 2. The van der Waals surface area contributed by atoms with Gasteiger partial charge in [0.15, 0.2) is 11.6 Å². The summed E-state index contributed by atoms with van der Waals surface area (Å²) in [7, 11) is -3.65. The first-order valence-corrected chi connectivity index (χ1v) is 12.0. The highest BCUT2D eigenvalue weighted by atomic mass is 32.2. The summed E-state index contributed by atoms with van der Waals surface area (Å²) >= 11 is 0. The molecule has 0 fully saturated rings. The molecular weight excluding hydrogens is 428 g/mol. The molecule has 3 N–H and O–H groups in total. The fourth-order valence-electron chi connectivity index (χ4n) is 3.25. The second kappa shape index (κ2) is 10.8. The van der Waals surface area contributed by atoms with Gasteiger partial charge >= 0.3 is 0 Å². The molecular formula is C20H29F2N5O3S. The van der Waals surface area contributed by atoms with Crippen molar-refractivity contribution >= 4 is 21.9 Å². The molecule has 0 spiro atoms. The molecule has 31 heavy (non-hydrogen) atoms. The van der Waals surface area contributed by atoms with E-state index in [9.17, 15) is 22.3 Å². The SMILES string of the molecule is CCC(Cc1nc(N[C@@H](CO)CC(C)C)nc(NS(C)(=O)=O)n1)c1cccc(F)c1F. The van der Waals surface area contributed by atoms with Gasteiger partial charge in [-0.05, 0) is 36.3 Å². The Morgan fingerprint density at radius 1 is 1.13 bits per heavy atom. The summed E-state index contributed by atoms with van der Waals surface area (Å²) in [6.45, 7) is 5.66. The average Bonchev–Trinajstić information content (AvgIpc) is 2.66. The third-order valence-corrected chi connectivity index (χ3v) is 5.16. The second-order valence-electron chi connectivity index (χ2n) is 7.88. The van der Waals surface area contributed by atoms with Crippen molar-refractivity contribution in [3.8, 4) is 0 Å². The lowest BCUT2D eigenvalue weighted by Gasteiger charge is -2.20. The maximum absolute atomic E-state index is 14.3. The maximum atomic E-state index is 14.3. The van der Waals surface area contributed by atoms with Crippen molar-refractivity contribution in [2.75, 3.05) is 22.9 Å². The molecule has 172 valence electrons. The van der Waals surface area contributed by atoms with Crippen LogP contribution < -0.4 is 10.0 Å². The van der Waals surface area contributed by atoms with Crippen LogP contribution in [0.15, 0.2) is 18.2 Å². The van der Waals surface area contributed by atoms with Gasteiger partial charge in [-0.3, -0.25) is 4.72 Å². The largest absolute Gasteiger partial charge is 0.394 e. The number of aliphatic hydroxyl groups is 1. The number of hydrogen-bond acceptors (Lipinski definition) is 7. The van der Waals surface area contributed by atoms with E-state index in [0.29, 0.717) is 18.8 Å². The van der Waals surface area contributed by atoms with Gasteiger partial charge in [0.25, 0.3) is 0 Å². The molecule has 2 atom stereocenters. The van der Waals surface area contributed by atoms with Crippen LogP contribution in [0.3, 0.4) is 0 Å². The van der Waals surface area contributed by atoms with Crippen LogP contribution >= 0.6 is 0 Å². The van der Waals surface area contributed by atoms with Crippen LogP contribution in [0, 0.1) is 17.6 Å². The average molecular weight is 458 g/mol. The van der Waals surface area contributed by atoms with E-state index in [4.69, 9.17) is 0 Å². The minimum atomic E-state index is -3.65. The number of benzene rings is 1. The minimum Gasteiger partial charge on any atom is -0.394 e. The Hall–Kier alpha value is -2.40. The van der Waals surface area contributed by atoms with Crippen molar-refractivity contribution in [2.45, 2.75) is 52.0 Å². The van der Waals surface area contributed by atoms with Crippen LogP contribution in [0.2, 0.25) is 0 Å². The number of aliphatic hydroxyl groups excluding tert-OH is 1. The molecule has 0 saturated heterocycles. The summed E-state index contributed by atoms with van der Waals surface area (Å²) in [5.74, 6) is -1.89. The quantitative estimate of drug-likeness (QED) is 0.475. The molecule has 2 aromatic rings. The standard InChI is InChI=1S/C20H29F2N5O3S/c1-5-13(15-7-6-8-16(21)18(15)22)10-17-24-19(23-14(11-28)9-12(2)3)26-20(25-17)27-31(4,29)30/h6-8,12-14,28H,5,9-11H2,1-4H3,(H2,23,24,25,26,27)/t13?,14-/m1/s1. The van der Waals surface area contributed by atoms with Gasteiger partial charge in [0, 0.05) is 6.42 Å². The third kappa shape index (κ3) is 7.66. The maximum Gasteiger partial charge on any atom is 0.241 e. The molecule has 1 aromatic carbocycles. The van der Waals surface area contributed by atoms with Gasteiger partial charge in [-0.25, -0.2) is 17.2 Å². The van der Waals surface area contributed by atoms with E-state index in [0.717, 1.165) is 12.3 Å². The van der Waals surface area contributed by atoms with Crippen molar-refractivity contribution in [3.05, 3.63) is 41.2 Å². The highest BCUT2D eigenvalue weighted by molar-refractivity contribution is 7.91. The summed E-state index contributed by atoms with van der Waals surface area (Å²) < 4.78 is 53.5. The van der Waals surface area contributed by atoms with E-state index in [1.165, 1.54) is 12.1 Å². The van der Waals surface area contributed by atoms with Crippen molar-refractivity contribution in [3.63, 3.8) is 0 Å². The zero-order valence-corrected chi connectivity index (χ0v) is 18.9. The van der Waals surface area contributed by atoms with E-state index in [1.54, 1.807) is 0 Å². The van der Waals surface area contributed by atoms with Crippen LogP contribution in [0.25, 0.3) is 0 Å². The summed E-state index contributed by atoms with van der Waals surface area (Å²) in [6, 6.07) is 3.65.